The third kappa shape index (κ3) is 4.67. The Morgan fingerprint density at radius 1 is 1.48 bits per heavy atom. The third-order valence-corrected chi connectivity index (χ3v) is 4.47. The molecule has 6 heteroatoms. The molecule has 21 heavy (non-hydrogen) atoms. The van der Waals surface area contributed by atoms with Gasteiger partial charge in [-0.15, -0.1) is 11.3 Å². The van der Waals surface area contributed by atoms with E-state index in [-0.39, 0.29) is 12.5 Å². The van der Waals surface area contributed by atoms with Crippen molar-refractivity contribution < 1.29 is 4.79 Å². The molecule has 1 aromatic carbocycles. The van der Waals surface area contributed by atoms with E-state index in [4.69, 9.17) is 5.26 Å². The lowest BCUT2D eigenvalue weighted by atomic mass is 10.2. The van der Waals surface area contributed by atoms with E-state index in [0.29, 0.717) is 17.8 Å². The van der Waals surface area contributed by atoms with Crippen LogP contribution in [0.3, 0.4) is 0 Å². The summed E-state index contributed by atoms with van der Waals surface area (Å²) in [7, 11) is 1.89. The van der Waals surface area contributed by atoms with Crippen LogP contribution in [0.5, 0.6) is 0 Å². The van der Waals surface area contributed by atoms with Gasteiger partial charge < -0.3 is 5.32 Å². The minimum atomic E-state index is -0.129. The Morgan fingerprint density at radius 2 is 2.24 bits per heavy atom. The van der Waals surface area contributed by atoms with Gasteiger partial charge in [-0.05, 0) is 41.2 Å². The molecular formula is C15H14BrN3OS. The van der Waals surface area contributed by atoms with Crippen LogP contribution in [-0.2, 0) is 11.3 Å². The molecule has 1 heterocycles. The molecule has 4 nitrogen and oxygen atoms in total. The molecule has 2 aromatic rings. The zero-order chi connectivity index (χ0) is 15.2. The van der Waals surface area contributed by atoms with Crippen LogP contribution < -0.4 is 5.32 Å². The molecule has 0 fully saturated rings. The molecular weight excluding hydrogens is 350 g/mol. The second-order valence-corrected chi connectivity index (χ2v) is 6.52. The van der Waals surface area contributed by atoms with Gasteiger partial charge in [-0.3, -0.25) is 9.69 Å². The lowest BCUT2D eigenvalue weighted by Crippen LogP contribution is -2.29. The summed E-state index contributed by atoms with van der Waals surface area (Å²) in [6, 6.07) is 11.1. The first-order valence-electron chi connectivity index (χ1n) is 6.29. The molecule has 2 rings (SSSR count). The van der Waals surface area contributed by atoms with E-state index in [2.05, 4.69) is 27.3 Å². The average molecular weight is 364 g/mol. The fourth-order valence-electron chi connectivity index (χ4n) is 1.88. The zero-order valence-electron chi connectivity index (χ0n) is 11.5. The summed E-state index contributed by atoms with van der Waals surface area (Å²) in [5.74, 6) is -0.129. The van der Waals surface area contributed by atoms with Gasteiger partial charge >= 0.3 is 0 Å². The van der Waals surface area contributed by atoms with E-state index >= 15 is 0 Å². The molecule has 1 aromatic heterocycles. The van der Waals surface area contributed by atoms with Crippen LogP contribution >= 0.6 is 27.3 Å². The predicted octanol–water partition coefficient (Wildman–Crippen LogP) is 3.45. The van der Waals surface area contributed by atoms with Crippen LogP contribution in [0, 0.1) is 11.3 Å². The predicted molar refractivity (Wildman–Crippen MR) is 88.1 cm³/mol. The summed E-state index contributed by atoms with van der Waals surface area (Å²) in [6.07, 6.45) is 0. The number of hydrogen-bond donors (Lipinski definition) is 1. The standard InChI is InChI=1S/C15H14BrN3OS/c1-19(8-13-6-12(16)10-21-13)9-15(20)18-14-5-3-2-4-11(14)7-17/h2-6,10H,8-9H2,1H3,(H,18,20). The molecule has 1 amide bonds. The van der Waals surface area contributed by atoms with Crippen molar-refractivity contribution in [2.45, 2.75) is 6.54 Å². The topological polar surface area (TPSA) is 56.1 Å². The first kappa shape index (κ1) is 15.7. The lowest BCUT2D eigenvalue weighted by Gasteiger charge is -2.15. The van der Waals surface area contributed by atoms with Crippen molar-refractivity contribution in [1.29, 1.82) is 5.26 Å². The number of anilines is 1. The molecule has 0 saturated heterocycles. The molecule has 1 N–H and O–H groups in total. The van der Waals surface area contributed by atoms with Crippen molar-refractivity contribution >= 4 is 38.9 Å². The number of rotatable bonds is 5. The SMILES string of the molecule is CN(CC(=O)Nc1ccccc1C#N)Cc1cc(Br)cs1. The van der Waals surface area contributed by atoms with E-state index in [9.17, 15) is 4.79 Å². The monoisotopic (exact) mass is 363 g/mol. The van der Waals surface area contributed by atoms with Crippen LogP contribution in [0.1, 0.15) is 10.4 Å². The van der Waals surface area contributed by atoms with Crippen LogP contribution in [0.4, 0.5) is 5.69 Å². The van der Waals surface area contributed by atoms with Crippen LogP contribution in [-0.4, -0.2) is 24.4 Å². The maximum absolute atomic E-state index is 12.0. The van der Waals surface area contributed by atoms with E-state index in [0.717, 1.165) is 4.47 Å². The van der Waals surface area contributed by atoms with Crippen molar-refractivity contribution in [2.75, 3.05) is 18.9 Å². The van der Waals surface area contributed by atoms with Gasteiger partial charge in [-0.25, -0.2) is 0 Å². The molecule has 0 aliphatic heterocycles. The van der Waals surface area contributed by atoms with Gasteiger partial charge in [0.15, 0.2) is 0 Å². The highest BCUT2D eigenvalue weighted by molar-refractivity contribution is 9.10. The summed E-state index contributed by atoms with van der Waals surface area (Å²) in [6.45, 7) is 0.985. The molecule has 0 spiro atoms. The minimum Gasteiger partial charge on any atom is -0.324 e. The third-order valence-electron chi connectivity index (χ3n) is 2.78. The van der Waals surface area contributed by atoms with Gasteiger partial charge in [0, 0.05) is 21.3 Å². The molecule has 0 unspecified atom stereocenters. The van der Waals surface area contributed by atoms with Gasteiger partial charge in [0.1, 0.15) is 6.07 Å². The van der Waals surface area contributed by atoms with Gasteiger partial charge in [0.05, 0.1) is 17.8 Å². The fraction of sp³-hybridized carbons (Fsp3) is 0.200. The molecule has 0 atom stereocenters. The Morgan fingerprint density at radius 3 is 2.90 bits per heavy atom. The largest absolute Gasteiger partial charge is 0.324 e. The Kier molecular flexibility index (Phi) is 5.51. The van der Waals surface area contributed by atoms with Crippen molar-refractivity contribution in [3.8, 4) is 6.07 Å². The number of carbonyl (C=O) groups is 1. The number of thiophene rings is 1. The summed E-state index contributed by atoms with van der Waals surface area (Å²) in [5, 5.41) is 13.8. The summed E-state index contributed by atoms with van der Waals surface area (Å²) in [4.78, 5) is 15.1. The second kappa shape index (κ2) is 7.36. The molecule has 0 saturated carbocycles. The molecule has 0 aliphatic carbocycles. The minimum absolute atomic E-state index is 0.129. The molecule has 0 bridgehead atoms. The van der Waals surface area contributed by atoms with Crippen molar-refractivity contribution in [3.63, 3.8) is 0 Å². The summed E-state index contributed by atoms with van der Waals surface area (Å²) < 4.78 is 1.06. The summed E-state index contributed by atoms with van der Waals surface area (Å²) in [5.41, 5.74) is 1.02. The normalized spacial score (nSPS) is 10.4. The number of nitrogens with one attached hydrogen (secondary N) is 1. The Hall–Kier alpha value is -1.68. The first-order valence-corrected chi connectivity index (χ1v) is 7.96. The van der Waals surface area contributed by atoms with Gasteiger partial charge in [-0.2, -0.15) is 5.26 Å². The maximum atomic E-state index is 12.0. The van der Waals surface area contributed by atoms with Gasteiger partial charge in [-0.1, -0.05) is 12.1 Å². The average Bonchev–Trinajstić information content (AvgIpc) is 2.84. The number of nitriles is 1. The number of hydrogen-bond acceptors (Lipinski definition) is 4. The number of nitrogens with zero attached hydrogens (tertiary/aromatic N) is 2. The fourth-order valence-corrected chi connectivity index (χ4v) is 3.41. The van der Waals surface area contributed by atoms with Crippen LogP contribution in [0.15, 0.2) is 40.2 Å². The number of benzene rings is 1. The highest BCUT2D eigenvalue weighted by atomic mass is 79.9. The van der Waals surface area contributed by atoms with E-state index in [1.807, 2.05) is 23.4 Å². The second-order valence-electron chi connectivity index (χ2n) is 4.61. The highest BCUT2D eigenvalue weighted by Gasteiger charge is 2.10. The van der Waals surface area contributed by atoms with Gasteiger partial charge in [0.25, 0.3) is 0 Å². The Bertz CT molecular complexity index is 678. The van der Waals surface area contributed by atoms with E-state index in [1.54, 1.807) is 35.6 Å². The van der Waals surface area contributed by atoms with Crippen molar-refractivity contribution in [2.24, 2.45) is 0 Å². The molecule has 0 radical (unpaired) electrons. The van der Waals surface area contributed by atoms with E-state index < -0.39 is 0 Å². The first-order chi connectivity index (χ1) is 10.1. The van der Waals surface area contributed by atoms with E-state index in [1.165, 1.54) is 4.88 Å². The maximum Gasteiger partial charge on any atom is 0.238 e. The zero-order valence-corrected chi connectivity index (χ0v) is 13.9. The Labute approximate surface area is 136 Å². The number of amides is 1. The van der Waals surface area contributed by atoms with Crippen molar-refractivity contribution in [3.05, 3.63) is 50.6 Å². The summed E-state index contributed by atoms with van der Waals surface area (Å²) >= 11 is 5.07. The molecule has 0 aliphatic rings. The number of para-hydroxylation sites is 1. The number of halogens is 1. The smallest absolute Gasteiger partial charge is 0.238 e. The van der Waals surface area contributed by atoms with Crippen molar-refractivity contribution in [1.82, 2.24) is 4.90 Å². The Balaban J connectivity index is 1.91. The van der Waals surface area contributed by atoms with Crippen LogP contribution in [0.25, 0.3) is 0 Å². The highest BCUT2D eigenvalue weighted by Crippen LogP contribution is 2.20. The molecule has 108 valence electrons. The van der Waals surface area contributed by atoms with Crippen LogP contribution in [0.2, 0.25) is 0 Å². The quantitative estimate of drug-likeness (QED) is 0.884. The number of carbonyl (C=O) groups excluding carboxylic acids is 1. The number of likely N-dealkylation sites (N-methyl/N-ethyl adjacent to an activating group) is 1. The van der Waals surface area contributed by atoms with Gasteiger partial charge in [0.2, 0.25) is 5.91 Å². The lowest BCUT2D eigenvalue weighted by molar-refractivity contribution is -0.117.